The highest BCUT2D eigenvalue weighted by molar-refractivity contribution is 7.09. The first kappa shape index (κ1) is 11.2. The molecule has 0 spiro atoms. The molecule has 0 aromatic carbocycles. The van der Waals surface area contributed by atoms with Gasteiger partial charge in [0.25, 0.3) is 6.01 Å². The number of hydrogen-bond donors (Lipinski definition) is 1. The first-order chi connectivity index (χ1) is 7.83. The summed E-state index contributed by atoms with van der Waals surface area (Å²) in [7, 11) is 0. The van der Waals surface area contributed by atoms with E-state index in [2.05, 4.69) is 34.3 Å². The van der Waals surface area contributed by atoms with Crippen LogP contribution in [0.3, 0.4) is 0 Å². The minimum Gasteiger partial charge on any atom is -0.432 e. The van der Waals surface area contributed by atoms with Crippen LogP contribution in [0.25, 0.3) is 0 Å². The molecule has 0 fully saturated rings. The summed E-state index contributed by atoms with van der Waals surface area (Å²) in [5.41, 5.74) is 6.29. The second-order valence-corrected chi connectivity index (χ2v) is 4.45. The van der Waals surface area contributed by atoms with Gasteiger partial charge in [0.1, 0.15) is 6.26 Å². The van der Waals surface area contributed by atoms with Gasteiger partial charge in [-0.1, -0.05) is 6.07 Å². The fourth-order valence-corrected chi connectivity index (χ4v) is 2.16. The smallest absolute Gasteiger partial charge is 0.297 e. The second kappa shape index (κ2) is 5.14. The van der Waals surface area contributed by atoms with Crippen LogP contribution in [-0.4, -0.2) is 11.5 Å². The Labute approximate surface area is 98.7 Å². The number of aromatic nitrogens is 1. The topological polar surface area (TPSA) is 55.3 Å². The maximum absolute atomic E-state index is 5.50. The van der Waals surface area contributed by atoms with Gasteiger partial charge in [-0.05, 0) is 18.4 Å². The Balaban J connectivity index is 2.10. The molecule has 0 unspecified atom stereocenters. The molecule has 0 aliphatic rings. The van der Waals surface area contributed by atoms with Crippen molar-refractivity contribution < 1.29 is 4.42 Å². The molecule has 0 aliphatic carbocycles. The van der Waals surface area contributed by atoms with Crippen LogP contribution in [-0.2, 0) is 13.1 Å². The Morgan fingerprint density at radius 3 is 3.00 bits per heavy atom. The van der Waals surface area contributed by atoms with E-state index in [0.717, 1.165) is 18.8 Å². The minimum atomic E-state index is 0.417. The third kappa shape index (κ3) is 2.43. The highest BCUT2D eigenvalue weighted by Crippen LogP contribution is 2.18. The van der Waals surface area contributed by atoms with E-state index in [1.807, 2.05) is 0 Å². The number of oxazole rings is 1. The van der Waals surface area contributed by atoms with E-state index < -0.39 is 0 Å². The molecule has 0 bridgehead atoms. The van der Waals surface area contributed by atoms with Crippen molar-refractivity contribution in [1.82, 2.24) is 4.98 Å². The van der Waals surface area contributed by atoms with Crippen molar-refractivity contribution in [3.05, 3.63) is 34.3 Å². The maximum Gasteiger partial charge on any atom is 0.297 e. The highest BCUT2D eigenvalue weighted by Gasteiger charge is 2.11. The monoisotopic (exact) mass is 237 g/mol. The van der Waals surface area contributed by atoms with Gasteiger partial charge in [0, 0.05) is 18.0 Å². The molecule has 0 atom stereocenters. The van der Waals surface area contributed by atoms with Crippen LogP contribution >= 0.6 is 11.3 Å². The Morgan fingerprint density at radius 2 is 2.44 bits per heavy atom. The molecular weight excluding hydrogens is 222 g/mol. The van der Waals surface area contributed by atoms with Gasteiger partial charge in [0.05, 0.1) is 12.2 Å². The van der Waals surface area contributed by atoms with Crippen molar-refractivity contribution in [1.29, 1.82) is 0 Å². The van der Waals surface area contributed by atoms with Crippen LogP contribution in [0, 0.1) is 0 Å². The molecule has 16 heavy (non-hydrogen) atoms. The van der Waals surface area contributed by atoms with Gasteiger partial charge in [-0.25, -0.2) is 0 Å². The lowest BCUT2D eigenvalue weighted by molar-refractivity contribution is 0.535. The van der Waals surface area contributed by atoms with E-state index in [0.29, 0.717) is 12.6 Å². The van der Waals surface area contributed by atoms with Crippen molar-refractivity contribution >= 4 is 17.4 Å². The number of thiophene rings is 1. The summed E-state index contributed by atoms with van der Waals surface area (Å²) >= 11 is 1.74. The normalized spacial score (nSPS) is 10.6. The third-order valence-corrected chi connectivity index (χ3v) is 3.19. The molecule has 0 aliphatic heterocycles. The molecule has 86 valence electrons. The van der Waals surface area contributed by atoms with E-state index in [1.165, 1.54) is 4.88 Å². The van der Waals surface area contributed by atoms with Crippen LogP contribution in [0.2, 0.25) is 0 Å². The van der Waals surface area contributed by atoms with E-state index in [-0.39, 0.29) is 0 Å². The van der Waals surface area contributed by atoms with Crippen LogP contribution in [0.1, 0.15) is 17.5 Å². The first-order valence-corrected chi connectivity index (χ1v) is 6.13. The molecule has 0 saturated carbocycles. The summed E-state index contributed by atoms with van der Waals surface area (Å²) < 4.78 is 5.40. The lowest BCUT2D eigenvalue weighted by Gasteiger charge is -2.17. The van der Waals surface area contributed by atoms with Gasteiger partial charge in [-0.2, -0.15) is 4.98 Å². The first-order valence-electron chi connectivity index (χ1n) is 5.25. The fourth-order valence-electron chi connectivity index (χ4n) is 1.44. The van der Waals surface area contributed by atoms with Gasteiger partial charge in [-0.15, -0.1) is 11.3 Å². The van der Waals surface area contributed by atoms with Crippen molar-refractivity contribution in [3.8, 4) is 0 Å². The number of nitrogens with zero attached hydrogens (tertiary/aromatic N) is 2. The number of rotatable bonds is 5. The average Bonchev–Trinajstić information content (AvgIpc) is 2.96. The Morgan fingerprint density at radius 1 is 1.56 bits per heavy atom. The summed E-state index contributed by atoms with van der Waals surface area (Å²) in [5, 5.41) is 2.07. The molecule has 4 nitrogen and oxygen atoms in total. The Hall–Kier alpha value is -1.33. The summed E-state index contributed by atoms with van der Waals surface area (Å²) in [4.78, 5) is 7.71. The van der Waals surface area contributed by atoms with Crippen LogP contribution in [0.15, 0.2) is 28.2 Å². The summed E-state index contributed by atoms with van der Waals surface area (Å²) in [6, 6.07) is 4.81. The zero-order chi connectivity index (χ0) is 11.4. The van der Waals surface area contributed by atoms with Crippen LogP contribution < -0.4 is 10.6 Å². The molecule has 0 radical (unpaired) electrons. The predicted molar refractivity (Wildman–Crippen MR) is 65.4 cm³/mol. The molecule has 2 N–H and O–H groups in total. The van der Waals surface area contributed by atoms with Crippen molar-refractivity contribution in [2.45, 2.75) is 20.0 Å². The number of hydrogen-bond acceptors (Lipinski definition) is 5. The minimum absolute atomic E-state index is 0.417. The molecule has 2 aromatic heterocycles. The standard InChI is InChI=1S/C11H15N3OS/c1-2-14(7-10-4-3-5-16-10)11-13-9(6-12)8-15-11/h3-5,8H,2,6-7,12H2,1H3. The van der Waals surface area contributed by atoms with Gasteiger partial charge in [-0.3, -0.25) is 0 Å². The molecular formula is C11H15N3OS. The lowest BCUT2D eigenvalue weighted by atomic mass is 10.4. The highest BCUT2D eigenvalue weighted by atomic mass is 32.1. The SMILES string of the molecule is CCN(Cc1cccs1)c1nc(CN)co1. The van der Waals surface area contributed by atoms with E-state index in [9.17, 15) is 0 Å². The third-order valence-electron chi connectivity index (χ3n) is 2.33. The molecule has 2 heterocycles. The van der Waals surface area contributed by atoms with E-state index in [4.69, 9.17) is 10.2 Å². The molecule has 5 heteroatoms. The summed E-state index contributed by atoms with van der Waals surface area (Å²) in [5.74, 6) is 0. The van der Waals surface area contributed by atoms with Crippen molar-refractivity contribution in [2.24, 2.45) is 5.73 Å². The summed E-state index contributed by atoms with van der Waals surface area (Å²) in [6.07, 6.45) is 1.62. The number of anilines is 1. The lowest BCUT2D eigenvalue weighted by Crippen LogP contribution is -2.21. The Kier molecular flexibility index (Phi) is 3.58. The molecule has 2 aromatic rings. The second-order valence-electron chi connectivity index (χ2n) is 3.42. The van der Waals surface area contributed by atoms with Gasteiger partial charge in [0.2, 0.25) is 0 Å². The largest absolute Gasteiger partial charge is 0.432 e. The van der Waals surface area contributed by atoms with Gasteiger partial charge in [0.15, 0.2) is 0 Å². The summed E-state index contributed by atoms with van der Waals surface area (Å²) in [6.45, 7) is 4.20. The van der Waals surface area contributed by atoms with Crippen LogP contribution in [0.5, 0.6) is 0 Å². The van der Waals surface area contributed by atoms with E-state index in [1.54, 1.807) is 17.6 Å². The van der Waals surface area contributed by atoms with Gasteiger partial charge >= 0.3 is 0 Å². The van der Waals surface area contributed by atoms with E-state index >= 15 is 0 Å². The zero-order valence-corrected chi connectivity index (χ0v) is 10.0. The average molecular weight is 237 g/mol. The molecule has 0 saturated heterocycles. The molecule has 0 amide bonds. The van der Waals surface area contributed by atoms with Crippen molar-refractivity contribution in [3.63, 3.8) is 0 Å². The zero-order valence-electron chi connectivity index (χ0n) is 9.22. The quantitative estimate of drug-likeness (QED) is 0.866. The predicted octanol–water partition coefficient (Wildman–Crippen LogP) is 2.22. The van der Waals surface area contributed by atoms with Crippen LogP contribution in [0.4, 0.5) is 6.01 Å². The number of nitrogens with two attached hydrogens (primary N) is 1. The molecule has 2 rings (SSSR count). The van der Waals surface area contributed by atoms with Gasteiger partial charge < -0.3 is 15.1 Å². The maximum atomic E-state index is 5.50. The Bertz CT molecular complexity index is 424. The van der Waals surface area contributed by atoms with Crippen molar-refractivity contribution in [2.75, 3.05) is 11.4 Å². The fraction of sp³-hybridized carbons (Fsp3) is 0.364.